The van der Waals surface area contributed by atoms with Gasteiger partial charge in [0.2, 0.25) is 0 Å². The van der Waals surface area contributed by atoms with Crippen molar-refractivity contribution in [2.24, 2.45) is 0 Å². The Bertz CT molecular complexity index is 719. The number of hydrogen-bond donors (Lipinski definition) is 0. The Kier molecular flexibility index (Phi) is 2.87. The first-order valence-corrected chi connectivity index (χ1v) is 6.74. The number of rotatable bonds is 2. The minimum atomic E-state index is -0.325. The summed E-state index contributed by atoms with van der Waals surface area (Å²) in [6.45, 7) is 1.96. The Morgan fingerprint density at radius 3 is 2.84 bits per heavy atom. The van der Waals surface area contributed by atoms with Gasteiger partial charge < -0.3 is 9.15 Å². The predicted octanol–water partition coefficient (Wildman–Crippen LogP) is 4.26. The Labute approximate surface area is 114 Å². The summed E-state index contributed by atoms with van der Waals surface area (Å²) < 4.78 is 10.6. The fourth-order valence-electron chi connectivity index (χ4n) is 2.10. The van der Waals surface area contributed by atoms with Gasteiger partial charge in [0.15, 0.2) is 0 Å². The van der Waals surface area contributed by atoms with Crippen LogP contribution in [0.3, 0.4) is 0 Å². The van der Waals surface area contributed by atoms with Gasteiger partial charge in [0.25, 0.3) is 0 Å². The Hall–Kier alpha value is -2.07. The standard InChI is InChI=1S/C15H12O3S/c1-9-8-19-14(15(16)17-2)13(9)12-7-10-5-3-4-6-11(10)18-12/h3-8H,1-2H3. The number of thiophene rings is 1. The predicted molar refractivity (Wildman–Crippen MR) is 75.6 cm³/mol. The second kappa shape index (κ2) is 4.55. The van der Waals surface area contributed by atoms with Gasteiger partial charge in [0.1, 0.15) is 16.2 Å². The summed E-state index contributed by atoms with van der Waals surface area (Å²) in [6.07, 6.45) is 0. The van der Waals surface area contributed by atoms with E-state index in [9.17, 15) is 4.79 Å². The molecule has 96 valence electrons. The first-order chi connectivity index (χ1) is 9.20. The van der Waals surface area contributed by atoms with E-state index in [0.29, 0.717) is 10.6 Å². The number of ether oxygens (including phenoxy) is 1. The van der Waals surface area contributed by atoms with Crippen molar-refractivity contribution < 1.29 is 13.9 Å². The molecule has 0 saturated heterocycles. The number of para-hydroxylation sites is 1. The number of fused-ring (bicyclic) bond motifs is 1. The van der Waals surface area contributed by atoms with Crippen molar-refractivity contribution in [1.29, 1.82) is 0 Å². The third kappa shape index (κ3) is 1.94. The molecule has 3 aromatic rings. The van der Waals surface area contributed by atoms with E-state index in [1.165, 1.54) is 18.4 Å². The quantitative estimate of drug-likeness (QED) is 0.654. The topological polar surface area (TPSA) is 39.4 Å². The summed E-state index contributed by atoms with van der Waals surface area (Å²) in [5.74, 6) is 0.383. The molecule has 0 unspecified atom stereocenters. The van der Waals surface area contributed by atoms with Crippen LogP contribution in [0.2, 0.25) is 0 Å². The lowest BCUT2D eigenvalue weighted by atomic mass is 10.1. The molecule has 3 nitrogen and oxygen atoms in total. The van der Waals surface area contributed by atoms with Crippen LogP contribution >= 0.6 is 11.3 Å². The van der Waals surface area contributed by atoms with Gasteiger partial charge in [-0.1, -0.05) is 18.2 Å². The first-order valence-electron chi connectivity index (χ1n) is 5.86. The number of esters is 1. The Morgan fingerprint density at radius 1 is 1.32 bits per heavy atom. The second-order valence-electron chi connectivity index (χ2n) is 4.26. The molecule has 0 spiro atoms. The average molecular weight is 272 g/mol. The SMILES string of the molecule is COC(=O)c1scc(C)c1-c1cc2ccccc2o1. The maximum absolute atomic E-state index is 11.8. The largest absolute Gasteiger partial charge is 0.465 e. The van der Waals surface area contributed by atoms with Gasteiger partial charge in [-0.3, -0.25) is 0 Å². The fourth-order valence-corrected chi connectivity index (χ4v) is 3.07. The smallest absolute Gasteiger partial charge is 0.348 e. The molecule has 0 aliphatic heterocycles. The zero-order chi connectivity index (χ0) is 13.4. The van der Waals surface area contributed by atoms with Crippen molar-refractivity contribution in [3.63, 3.8) is 0 Å². The molecule has 0 atom stereocenters. The number of aryl methyl sites for hydroxylation is 1. The highest BCUT2D eigenvalue weighted by Gasteiger charge is 2.20. The molecule has 0 radical (unpaired) electrons. The van der Waals surface area contributed by atoms with Gasteiger partial charge in [-0.05, 0) is 30.0 Å². The lowest BCUT2D eigenvalue weighted by molar-refractivity contribution is 0.0607. The van der Waals surface area contributed by atoms with Gasteiger partial charge in [0, 0.05) is 10.9 Å². The number of methoxy groups -OCH3 is 1. The van der Waals surface area contributed by atoms with Crippen LogP contribution in [0.4, 0.5) is 0 Å². The van der Waals surface area contributed by atoms with Crippen molar-refractivity contribution in [2.75, 3.05) is 7.11 Å². The lowest BCUT2D eigenvalue weighted by Crippen LogP contribution is -1.99. The summed E-state index contributed by atoms with van der Waals surface area (Å²) >= 11 is 1.38. The summed E-state index contributed by atoms with van der Waals surface area (Å²) in [6, 6.07) is 9.75. The third-order valence-electron chi connectivity index (χ3n) is 3.02. The summed E-state index contributed by atoms with van der Waals surface area (Å²) in [7, 11) is 1.39. The summed E-state index contributed by atoms with van der Waals surface area (Å²) in [5, 5.41) is 2.97. The molecule has 1 aromatic carbocycles. The molecule has 0 aliphatic carbocycles. The molecular weight excluding hydrogens is 260 g/mol. The molecule has 3 rings (SSSR count). The second-order valence-corrected chi connectivity index (χ2v) is 5.14. The minimum absolute atomic E-state index is 0.325. The van der Waals surface area contributed by atoms with Crippen molar-refractivity contribution in [3.8, 4) is 11.3 Å². The Balaban J connectivity index is 2.20. The van der Waals surface area contributed by atoms with Crippen molar-refractivity contribution in [2.45, 2.75) is 6.92 Å². The first kappa shape index (κ1) is 12.0. The molecule has 0 saturated carbocycles. The average Bonchev–Trinajstić information content (AvgIpc) is 3.00. The van der Waals surface area contributed by atoms with Crippen molar-refractivity contribution >= 4 is 28.3 Å². The molecule has 0 aliphatic rings. The molecule has 4 heteroatoms. The van der Waals surface area contributed by atoms with Gasteiger partial charge >= 0.3 is 5.97 Å². The van der Waals surface area contributed by atoms with E-state index in [2.05, 4.69) is 0 Å². The number of carbonyl (C=O) groups is 1. The Morgan fingerprint density at radius 2 is 2.11 bits per heavy atom. The number of furan rings is 1. The number of benzene rings is 1. The van der Waals surface area contributed by atoms with Crippen LogP contribution < -0.4 is 0 Å². The molecule has 0 fully saturated rings. The molecule has 0 bridgehead atoms. The van der Waals surface area contributed by atoms with Gasteiger partial charge in [0.05, 0.1) is 7.11 Å². The maximum atomic E-state index is 11.8. The number of hydrogen-bond acceptors (Lipinski definition) is 4. The van der Waals surface area contributed by atoms with Gasteiger partial charge in [-0.2, -0.15) is 0 Å². The molecule has 2 heterocycles. The van der Waals surface area contributed by atoms with E-state index >= 15 is 0 Å². The van der Waals surface area contributed by atoms with Crippen LogP contribution in [0, 0.1) is 6.92 Å². The molecular formula is C15H12O3S. The van der Waals surface area contributed by atoms with Crippen LogP contribution in [0.15, 0.2) is 40.1 Å². The number of carbonyl (C=O) groups excluding carboxylic acids is 1. The van der Waals surface area contributed by atoms with Crippen molar-refractivity contribution in [3.05, 3.63) is 46.2 Å². The normalized spacial score (nSPS) is 10.8. The minimum Gasteiger partial charge on any atom is -0.465 e. The van der Waals surface area contributed by atoms with Crippen LogP contribution in [0.1, 0.15) is 15.2 Å². The highest BCUT2D eigenvalue weighted by molar-refractivity contribution is 7.12. The van der Waals surface area contributed by atoms with E-state index in [1.807, 2.05) is 42.6 Å². The zero-order valence-corrected chi connectivity index (χ0v) is 11.4. The summed E-state index contributed by atoms with van der Waals surface area (Å²) in [4.78, 5) is 12.4. The summed E-state index contributed by atoms with van der Waals surface area (Å²) in [5.41, 5.74) is 2.66. The lowest BCUT2D eigenvalue weighted by Gasteiger charge is -2.00. The third-order valence-corrected chi connectivity index (χ3v) is 4.10. The van der Waals surface area contributed by atoms with Gasteiger partial charge in [-0.15, -0.1) is 11.3 Å². The highest BCUT2D eigenvalue weighted by Crippen LogP contribution is 2.36. The van der Waals surface area contributed by atoms with E-state index in [0.717, 1.165) is 22.1 Å². The van der Waals surface area contributed by atoms with Crippen LogP contribution in [-0.2, 0) is 4.74 Å². The monoisotopic (exact) mass is 272 g/mol. The van der Waals surface area contributed by atoms with Crippen LogP contribution in [-0.4, -0.2) is 13.1 Å². The van der Waals surface area contributed by atoms with E-state index in [1.54, 1.807) is 0 Å². The van der Waals surface area contributed by atoms with E-state index < -0.39 is 0 Å². The van der Waals surface area contributed by atoms with Gasteiger partial charge in [-0.25, -0.2) is 4.79 Å². The van der Waals surface area contributed by atoms with E-state index in [4.69, 9.17) is 9.15 Å². The highest BCUT2D eigenvalue weighted by atomic mass is 32.1. The van der Waals surface area contributed by atoms with Crippen molar-refractivity contribution in [1.82, 2.24) is 0 Å². The zero-order valence-electron chi connectivity index (χ0n) is 10.6. The molecule has 19 heavy (non-hydrogen) atoms. The maximum Gasteiger partial charge on any atom is 0.348 e. The molecule has 0 amide bonds. The molecule has 2 aromatic heterocycles. The van der Waals surface area contributed by atoms with Crippen LogP contribution in [0.25, 0.3) is 22.3 Å². The van der Waals surface area contributed by atoms with E-state index in [-0.39, 0.29) is 5.97 Å². The van der Waals surface area contributed by atoms with Crippen LogP contribution in [0.5, 0.6) is 0 Å². The molecule has 0 N–H and O–H groups in total. The fraction of sp³-hybridized carbons (Fsp3) is 0.133.